The first-order valence-electron chi connectivity index (χ1n) is 10.5. The third-order valence-electron chi connectivity index (χ3n) is 7.34. The number of fused-ring (bicyclic) bond motifs is 3. The highest BCUT2D eigenvalue weighted by Crippen LogP contribution is 2.55. The lowest BCUT2D eigenvalue weighted by Crippen LogP contribution is -2.39. The Balaban J connectivity index is 1.72. The standard InChI is InChI=1S/C25H23NO5/c1-11-8-13(4-7-18(11)27)20-14-5-6-15-21(25(31)26(3)24(15)30)16(14)10-17-19(28)9-12(2)23(29)22(17)20/h4-5,7-9,15-16,20-21,27H,6,10H2,1-3H3/t15-,16+,20-,21-/m0/s1. The van der Waals surface area contributed by atoms with Gasteiger partial charge in [0.05, 0.1) is 11.8 Å². The molecule has 1 saturated heterocycles. The number of allylic oxidation sites excluding steroid dienone is 6. The number of Topliss-reactive ketones (excluding diaryl/α,β-unsaturated/α-hetero) is 1. The van der Waals surface area contributed by atoms with Gasteiger partial charge in [0.2, 0.25) is 11.8 Å². The minimum atomic E-state index is -0.512. The fourth-order valence-electron chi connectivity index (χ4n) is 5.76. The number of amides is 2. The van der Waals surface area contributed by atoms with Crippen LogP contribution in [0.1, 0.15) is 36.8 Å². The number of carbonyl (C=O) groups excluding carboxylic acids is 4. The van der Waals surface area contributed by atoms with Gasteiger partial charge in [-0.15, -0.1) is 0 Å². The smallest absolute Gasteiger partial charge is 0.233 e. The van der Waals surface area contributed by atoms with Gasteiger partial charge in [-0.2, -0.15) is 0 Å². The van der Waals surface area contributed by atoms with E-state index in [1.54, 1.807) is 26.0 Å². The van der Waals surface area contributed by atoms with Crippen LogP contribution in [0, 0.1) is 24.7 Å². The van der Waals surface area contributed by atoms with Gasteiger partial charge in [-0.25, -0.2) is 0 Å². The number of ketones is 2. The van der Waals surface area contributed by atoms with Gasteiger partial charge in [-0.1, -0.05) is 23.8 Å². The van der Waals surface area contributed by atoms with Gasteiger partial charge >= 0.3 is 0 Å². The summed E-state index contributed by atoms with van der Waals surface area (Å²) in [6, 6.07) is 5.20. The Labute approximate surface area is 179 Å². The van der Waals surface area contributed by atoms with Crippen molar-refractivity contribution in [3.05, 3.63) is 63.8 Å². The minimum absolute atomic E-state index is 0.155. The number of rotatable bonds is 1. The topological polar surface area (TPSA) is 91.8 Å². The number of phenolic OH excluding ortho intramolecular Hbond substituents is 1. The predicted octanol–water partition coefficient (Wildman–Crippen LogP) is 2.76. The van der Waals surface area contributed by atoms with E-state index in [1.807, 2.05) is 12.1 Å². The van der Waals surface area contributed by atoms with Gasteiger partial charge in [0, 0.05) is 29.7 Å². The van der Waals surface area contributed by atoms with Crippen molar-refractivity contribution in [2.75, 3.05) is 7.05 Å². The molecule has 1 aromatic carbocycles. The molecule has 5 rings (SSSR count). The Morgan fingerprint density at radius 1 is 1.03 bits per heavy atom. The Hall–Kier alpha value is -3.28. The van der Waals surface area contributed by atoms with Crippen molar-refractivity contribution in [3.8, 4) is 5.75 Å². The summed E-state index contributed by atoms with van der Waals surface area (Å²) in [5, 5.41) is 10.0. The lowest BCUT2D eigenvalue weighted by molar-refractivity contribution is -0.138. The summed E-state index contributed by atoms with van der Waals surface area (Å²) in [5.41, 5.74) is 3.73. The molecule has 6 heteroatoms. The average Bonchev–Trinajstić information content (AvgIpc) is 2.97. The summed E-state index contributed by atoms with van der Waals surface area (Å²) in [4.78, 5) is 53.0. The Morgan fingerprint density at radius 3 is 2.48 bits per heavy atom. The van der Waals surface area contributed by atoms with E-state index in [2.05, 4.69) is 0 Å². The molecule has 4 aliphatic rings. The predicted molar refractivity (Wildman–Crippen MR) is 112 cm³/mol. The van der Waals surface area contributed by atoms with Crippen LogP contribution in [0.2, 0.25) is 0 Å². The van der Waals surface area contributed by atoms with E-state index >= 15 is 0 Å². The molecule has 0 aromatic heterocycles. The summed E-state index contributed by atoms with van der Waals surface area (Å²) in [6.45, 7) is 3.43. The van der Waals surface area contributed by atoms with Gasteiger partial charge in [0.1, 0.15) is 5.75 Å². The van der Waals surface area contributed by atoms with Crippen molar-refractivity contribution < 1.29 is 24.3 Å². The molecule has 0 spiro atoms. The number of benzene rings is 1. The summed E-state index contributed by atoms with van der Waals surface area (Å²) in [5.74, 6) is -2.28. The number of phenols is 1. The van der Waals surface area contributed by atoms with Crippen LogP contribution in [-0.2, 0) is 19.2 Å². The molecule has 0 radical (unpaired) electrons. The van der Waals surface area contributed by atoms with Gasteiger partial charge in [-0.05, 0) is 55.9 Å². The zero-order valence-electron chi connectivity index (χ0n) is 17.6. The maximum absolute atomic E-state index is 13.2. The van der Waals surface area contributed by atoms with E-state index in [-0.39, 0.29) is 41.5 Å². The molecule has 0 saturated carbocycles. The highest BCUT2D eigenvalue weighted by molar-refractivity contribution is 6.23. The third kappa shape index (κ3) is 2.63. The molecular formula is C25H23NO5. The highest BCUT2D eigenvalue weighted by atomic mass is 16.3. The minimum Gasteiger partial charge on any atom is -0.508 e. The van der Waals surface area contributed by atoms with Crippen molar-refractivity contribution in [3.63, 3.8) is 0 Å². The van der Waals surface area contributed by atoms with Crippen molar-refractivity contribution in [1.82, 2.24) is 4.90 Å². The zero-order valence-corrected chi connectivity index (χ0v) is 17.6. The monoisotopic (exact) mass is 417 g/mol. The van der Waals surface area contributed by atoms with Gasteiger partial charge in [0.25, 0.3) is 0 Å². The second kappa shape index (κ2) is 6.61. The van der Waals surface area contributed by atoms with E-state index in [9.17, 15) is 24.3 Å². The molecule has 1 heterocycles. The molecular weight excluding hydrogens is 394 g/mol. The van der Waals surface area contributed by atoms with Crippen LogP contribution in [-0.4, -0.2) is 40.4 Å². The summed E-state index contributed by atoms with van der Waals surface area (Å²) < 4.78 is 0. The van der Waals surface area contributed by atoms with Crippen LogP contribution >= 0.6 is 0 Å². The number of aromatic hydroxyl groups is 1. The summed E-state index contributed by atoms with van der Waals surface area (Å²) >= 11 is 0. The molecule has 1 aromatic rings. The van der Waals surface area contributed by atoms with Crippen LogP contribution in [0.25, 0.3) is 0 Å². The van der Waals surface area contributed by atoms with E-state index in [4.69, 9.17) is 0 Å². The summed E-state index contributed by atoms with van der Waals surface area (Å²) in [6.07, 6.45) is 4.11. The van der Waals surface area contributed by atoms with Gasteiger partial charge < -0.3 is 5.11 Å². The molecule has 1 aliphatic heterocycles. The van der Waals surface area contributed by atoms with E-state index in [1.165, 1.54) is 18.0 Å². The zero-order chi connectivity index (χ0) is 22.2. The van der Waals surface area contributed by atoms with Crippen LogP contribution in [0.3, 0.4) is 0 Å². The second-order valence-electron chi connectivity index (χ2n) is 9.01. The molecule has 2 amide bonds. The Morgan fingerprint density at radius 2 is 1.77 bits per heavy atom. The number of hydrogen-bond acceptors (Lipinski definition) is 5. The molecule has 31 heavy (non-hydrogen) atoms. The number of likely N-dealkylation sites (tertiary alicyclic amines) is 1. The number of hydrogen-bond donors (Lipinski definition) is 1. The van der Waals surface area contributed by atoms with E-state index in [0.717, 1.165) is 11.1 Å². The molecule has 1 fully saturated rings. The van der Waals surface area contributed by atoms with Crippen molar-refractivity contribution in [2.24, 2.45) is 17.8 Å². The van der Waals surface area contributed by atoms with Gasteiger partial charge in [-0.3, -0.25) is 24.1 Å². The maximum atomic E-state index is 13.2. The van der Waals surface area contributed by atoms with E-state index in [0.29, 0.717) is 28.7 Å². The van der Waals surface area contributed by atoms with Crippen molar-refractivity contribution in [2.45, 2.75) is 32.6 Å². The SMILES string of the molecule is CC1=CC(=O)C2=C(C1=O)[C@@H](c1ccc(O)c(C)c1)C1=CC[C@@H]3C(=O)N(C)C(=O)[C@@H]3[C@@H]1C2. The molecule has 0 unspecified atom stereocenters. The third-order valence-corrected chi connectivity index (χ3v) is 7.34. The van der Waals surface area contributed by atoms with E-state index < -0.39 is 17.8 Å². The molecule has 1 N–H and O–H groups in total. The first-order valence-corrected chi connectivity index (χ1v) is 10.5. The van der Waals surface area contributed by atoms with Crippen LogP contribution in [0.4, 0.5) is 0 Å². The maximum Gasteiger partial charge on any atom is 0.233 e. The first-order chi connectivity index (χ1) is 14.7. The first kappa shape index (κ1) is 19.7. The second-order valence-corrected chi connectivity index (χ2v) is 9.01. The molecule has 3 aliphatic carbocycles. The van der Waals surface area contributed by atoms with Crippen LogP contribution in [0.15, 0.2) is 52.6 Å². The fourth-order valence-corrected chi connectivity index (χ4v) is 5.76. The number of imide groups is 1. The Kier molecular flexibility index (Phi) is 4.19. The van der Waals surface area contributed by atoms with Crippen molar-refractivity contribution >= 4 is 23.4 Å². The fraction of sp³-hybridized carbons (Fsp3) is 0.360. The van der Waals surface area contributed by atoms with Gasteiger partial charge in [0.15, 0.2) is 11.6 Å². The highest BCUT2D eigenvalue weighted by Gasteiger charge is 2.55. The van der Waals surface area contributed by atoms with Crippen LogP contribution < -0.4 is 0 Å². The normalized spacial score (nSPS) is 30.1. The average molecular weight is 417 g/mol. The quantitative estimate of drug-likeness (QED) is 0.431. The number of aryl methyl sites for hydroxylation is 1. The molecule has 158 valence electrons. The molecule has 6 nitrogen and oxygen atoms in total. The van der Waals surface area contributed by atoms with Crippen molar-refractivity contribution in [1.29, 1.82) is 0 Å². The molecule has 4 atom stereocenters. The number of nitrogens with zero attached hydrogens (tertiary/aromatic N) is 1. The van der Waals surface area contributed by atoms with Crippen LogP contribution in [0.5, 0.6) is 5.75 Å². The number of carbonyl (C=O) groups is 4. The lowest BCUT2D eigenvalue weighted by Gasteiger charge is -2.42. The largest absolute Gasteiger partial charge is 0.508 e. The summed E-state index contributed by atoms with van der Waals surface area (Å²) in [7, 11) is 1.51. The molecule has 0 bridgehead atoms. The Bertz CT molecular complexity index is 1180. The lowest BCUT2D eigenvalue weighted by atomic mass is 9.59.